The van der Waals surface area contributed by atoms with Crippen molar-refractivity contribution in [2.24, 2.45) is 0 Å². The van der Waals surface area contributed by atoms with Gasteiger partial charge in [0.05, 0.1) is 34.6 Å². The molecule has 0 aromatic heterocycles. The van der Waals surface area contributed by atoms with Gasteiger partial charge in [-0.25, -0.2) is 0 Å². The van der Waals surface area contributed by atoms with E-state index in [9.17, 15) is 18.4 Å². The van der Waals surface area contributed by atoms with Crippen molar-refractivity contribution in [1.29, 1.82) is 0 Å². The molecule has 1 saturated heterocycles. The van der Waals surface area contributed by atoms with Crippen LogP contribution in [0.4, 0.5) is 8.78 Å². The highest BCUT2D eigenvalue weighted by Gasteiger charge is 2.52. The van der Waals surface area contributed by atoms with E-state index in [0.717, 1.165) is 9.19 Å². The Labute approximate surface area is 94.4 Å². The quantitative estimate of drug-likeness (QED) is 0.328. The molecule has 1 fully saturated rings. The molecule has 0 spiro atoms. The lowest BCUT2D eigenvalue weighted by atomic mass is 10.0. The van der Waals surface area contributed by atoms with E-state index in [-0.39, 0.29) is 0 Å². The maximum Gasteiger partial charge on any atom is 0.327 e. The molecule has 0 bridgehead atoms. The fourth-order valence-electron chi connectivity index (χ4n) is 1.09. The van der Waals surface area contributed by atoms with Crippen LogP contribution in [-0.2, 0) is 9.59 Å². The number of hydrogen-bond donors (Lipinski definition) is 0. The van der Waals surface area contributed by atoms with Crippen LogP contribution in [0.2, 0.25) is 0 Å². The molecule has 3 nitrogen and oxygen atoms in total. The second-order valence-corrected chi connectivity index (χ2v) is 3.89. The van der Waals surface area contributed by atoms with Crippen molar-refractivity contribution in [3.63, 3.8) is 0 Å². The van der Waals surface area contributed by atoms with Crippen LogP contribution in [0.3, 0.4) is 0 Å². The molecular weight excluding hydrogens is 306 g/mol. The normalized spacial score (nSPS) is 26.1. The Morgan fingerprint density at radius 2 is 2.29 bits per heavy atom. The lowest BCUT2D eigenvalue weighted by Crippen LogP contribution is -2.28. The summed E-state index contributed by atoms with van der Waals surface area (Å²) in [6.07, 6.45) is 1.57. The van der Waals surface area contributed by atoms with E-state index < -0.39 is 30.0 Å². The lowest BCUT2D eigenvalue weighted by Gasteiger charge is -2.11. The zero-order chi connectivity index (χ0) is 10.9. The van der Waals surface area contributed by atoms with E-state index in [1.54, 1.807) is 0 Å². The highest BCUT2D eigenvalue weighted by atomic mass is 127. The molecule has 1 aliphatic heterocycles. The molecule has 1 aliphatic rings. The van der Waals surface area contributed by atoms with Gasteiger partial charge in [0.1, 0.15) is 0 Å². The fourth-order valence-corrected chi connectivity index (χ4v) is 1.82. The lowest BCUT2D eigenvalue weighted by molar-refractivity contribution is -0.143. The van der Waals surface area contributed by atoms with Gasteiger partial charge in [0, 0.05) is 6.42 Å². The zero-order valence-corrected chi connectivity index (χ0v) is 9.07. The van der Waals surface area contributed by atoms with Crippen LogP contribution in [0, 0.1) is 0 Å². The van der Waals surface area contributed by atoms with Crippen LogP contribution >= 0.6 is 22.9 Å². The van der Waals surface area contributed by atoms with Gasteiger partial charge in [0.25, 0.3) is 0 Å². The number of amides is 1. The number of allylic oxidation sites excluding steroid dienone is 1. The minimum Gasteiger partial charge on any atom is -0.308 e. The Hall–Kier alpha value is -0.465. The predicted molar refractivity (Wildman–Crippen MR) is 54.1 cm³/mol. The van der Waals surface area contributed by atoms with E-state index >= 15 is 0 Å². The fraction of sp³-hybridized carbons (Fsp3) is 0.429. The SMILES string of the molecule is [B]C(=O)/C=C/[C@H]1CC(F)(F)C(=O)N1I. The zero-order valence-electron chi connectivity index (χ0n) is 6.91. The van der Waals surface area contributed by atoms with Gasteiger partial charge < -0.3 is 4.79 Å². The van der Waals surface area contributed by atoms with Crippen molar-refractivity contribution >= 4 is 42.3 Å². The van der Waals surface area contributed by atoms with Crippen molar-refractivity contribution in [2.45, 2.75) is 18.4 Å². The first-order valence-electron chi connectivity index (χ1n) is 3.69. The van der Waals surface area contributed by atoms with Gasteiger partial charge in [0.15, 0.2) is 7.85 Å². The molecule has 0 aromatic carbocycles. The second-order valence-electron chi connectivity index (χ2n) is 2.85. The summed E-state index contributed by atoms with van der Waals surface area (Å²) in [4.78, 5) is 21.2. The highest BCUT2D eigenvalue weighted by molar-refractivity contribution is 14.1. The summed E-state index contributed by atoms with van der Waals surface area (Å²) in [6, 6.07) is -0.773. The summed E-state index contributed by atoms with van der Waals surface area (Å²) in [5, 5.41) is 0. The average Bonchev–Trinajstić information content (AvgIpc) is 2.26. The Morgan fingerprint density at radius 1 is 1.71 bits per heavy atom. The molecule has 1 heterocycles. The molecule has 74 valence electrons. The van der Waals surface area contributed by atoms with Gasteiger partial charge in [0.2, 0.25) is 0 Å². The van der Waals surface area contributed by atoms with Crippen molar-refractivity contribution < 1.29 is 18.4 Å². The van der Waals surface area contributed by atoms with Crippen LogP contribution in [0.25, 0.3) is 0 Å². The Bertz CT molecular complexity index is 308. The molecule has 0 unspecified atom stereocenters. The van der Waals surface area contributed by atoms with E-state index in [2.05, 4.69) is 0 Å². The van der Waals surface area contributed by atoms with E-state index in [1.165, 1.54) is 28.9 Å². The first kappa shape index (κ1) is 11.6. The summed E-state index contributed by atoms with van der Waals surface area (Å²) in [5.74, 6) is -4.58. The van der Waals surface area contributed by atoms with Crippen molar-refractivity contribution in [3.05, 3.63) is 12.2 Å². The predicted octanol–water partition coefficient (Wildman–Crippen LogP) is 0.824. The number of carbonyl (C=O) groups is 2. The van der Waals surface area contributed by atoms with Gasteiger partial charge in [-0.3, -0.25) is 7.91 Å². The highest BCUT2D eigenvalue weighted by Crippen LogP contribution is 2.36. The minimum atomic E-state index is -3.34. The van der Waals surface area contributed by atoms with Gasteiger partial charge in [-0.15, -0.1) is 0 Å². The van der Waals surface area contributed by atoms with Crippen molar-refractivity contribution in [2.75, 3.05) is 0 Å². The third-order valence-corrected chi connectivity index (χ3v) is 2.90. The summed E-state index contributed by atoms with van der Waals surface area (Å²) in [5.41, 5.74) is -0.725. The topological polar surface area (TPSA) is 37.4 Å². The van der Waals surface area contributed by atoms with Crippen LogP contribution in [-0.4, -0.2) is 34.5 Å². The van der Waals surface area contributed by atoms with Crippen LogP contribution in [0.5, 0.6) is 0 Å². The molecule has 0 N–H and O–H groups in total. The number of halogens is 3. The van der Waals surface area contributed by atoms with Gasteiger partial charge >= 0.3 is 11.8 Å². The molecule has 1 amide bonds. The molecule has 1 atom stereocenters. The van der Waals surface area contributed by atoms with Gasteiger partial charge in [-0.05, 0) is 6.08 Å². The van der Waals surface area contributed by atoms with E-state index in [0.29, 0.717) is 0 Å². The maximum atomic E-state index is 12.8. The molecular formula is C7H5BF2INO2. The number of nitrogens with zero attached hydrogens (tertiary/aromatic N) is 1. The standard InChI is InChI=1S/C7H5BF2INO2/c8-5(13)2-1-4-3-7(9,10)6(14)12(4)11/h1-2,4H,3H2/b2-1+/t4-/m0/s1. The van der Waals surface area contributed by atoms with Crippen molar-refractivity contribution in [1.82, 2.24) is 3.11 Å². The smallest absolute Gasteiger partial charge is 0.308 e. The molecule has 0 aromatic rings. The maximum absolute atomic E-state index is 12.8. The molecule has 1 rings (SSSR count). The third kappa shape index (κ3) is 2.31. The third-order valence-electron chi connectivity index (χ3n) is 1.75. The summed E-state index contributed by atoms with van der Waals surface area (Å²) in [7, 11) is 4.80. The Balaban J connectivity index is 2.76. The molecule has 0 saturated carbocycles. The largest absolute Gasteiger partial charge is 0.327 e. The molecule has 14 heavy (non-hydrogen) atoms. The van der Waals surface area contributed by atoms with Crippen molar-refractivity contribution in [3.8, 4) is 0 Å². The number of hydrogen-bond acceptors (Lipinski definition) is 2. The van der Waals surface area contributed by atoms with E-state index in [1.807, 2.05) is 0 Å². The number of alkyl halides is 2. The number of carbonyl (C=O) groups excluding carboxylic acids is 2. The van der Waals surface area contributed by atoms with Gasteiger partial charge in [-0.1, -0.05) is 6.08 Å². The second kappa shape index (κ2) is 3.96. The average molecular weight is 311 g/mol. The minimum absolute atomic E-state index is 0.613. The van der Waals surface area contributed by atoms with Crippen LogP contribution in [0.1, 0.15) is 6.42 Å². The van der Waals surface area contributed by atoms with Crippen LogP contribution < -0.4 is 0 Å². The summed E-state index contributed by atoms with van der Waals surface area (Å²) in [6.45, 7) is 0. The van der Waals surface area contributed by atoms with Gasteiger partial charge in [-0.2, -0.15) is 8.78 Å². The monoisotopic (exact) mass is 311 g/mol. The summed E-state index contributed by atoms with van der Waals surface area (Å²) >= 11 is 1.49. The number of rotatable bonds is 2. The molecule has 7 heteroatoms. The Morgan fingerprint density at radius 3 is 2.64 bits per heavy atom. The summed E-state index contributed by atoms with van der Waals surface area (Å²) < 4.78 is 26.5. The molecule has 2 radical (unpaired) electrons. The first-order valence-corrected chi connectivity index (χ1v) is 4.66. The molecule has 0 aliphatic carbocycles. The Kier molecular flexibility index (Phi) is 3.28. The van der Waals surface area contributed by atoms with E-state index in [4.69, 9.17) is 7.85 Å². The van der Waals surface area contributed by atoms with Crippen LogP contribution in [0.15, 0.2) is 12.2 Å². The first-order chi connectivity index (χ1) is 6.34.